The molecule has 0 unspecified atom stereocenters. The van der Waals surface area contributed by atoms with E-state index in [0.717, 1.165) is 17.8 Å². The van der Waals surface area contributed by atoms with Crippen LogP contribution in [-0.4, -0.2) is 37.3 Å². The molecule has 0 aliphatic carbocycles. The van der Waals surface area contributed by atoms with E-state index in [1.54, 1.807) is 25.6 Å². The second-order valence-electron chi connectivity index (χ2n) is 3.78. The Labute approximate surface area is 110 Å². The molecule has 0 amide bonds. The smallest absolute Gasteiger partial charge is 0.169 e. The maximum atomic E-state index is 5.12. The Bertz CT molecular complexity index is 452. The van der Waals surface area contributed by atoms with E-state index in [0.29, 0.717) is 6.54 Å². The van der Waals surface area contributed by atoms with Crippen LogP contribution < -0.4 is 5.32 Å². The van der Waals surface area contributed by atoms with Gasteiger partial charge in [-0.1, -0.05) is 6.07 Å². The van der Waals surface area contributed by atoms with Gasteiger partial charge in [-0.2, -0.15) is 5.10 Å². The highest BCUT2D eigenvalue weighted by Crippen LogP contribution is 2.25. The van der Waals surface area contributed by atoms with E-state index < -0.39 is 0 Å². The third-order valence-corrected chi connectivity index (χ3v) is 3.53. The average Bonchev–Trinajstić information content (AvgIpc) is 3.04. The number of ether oxygens (including phenoxy) is 2. The summed E-state index contributed by atoms with van der Waals surface area (Å²) < 4.78 is 10.2. The van der Waals surface area contributed by atoms with Crippen LogP contribution in [-0.2, 0) is 16.0 Å². The second kappa shape index (κ2) is 6.65. The molecule has 98 valence electrons. The number of rotatable bonds is 7. The molecule has 2 aromatic rings. The number of aromatic nitrogens is 2. The quantitative estimate of drug-likeness (QED) is 0.752. The van der Waals surface area contributed by atoms with E-state index in [-0.39, 0.29) is 6.29 Å². The Kier molecular flexibility index (Phi) is 4.89. The van der Waals surface area contributed by atoms with Crippen molar-refractivity contribution >= 4 is 11.3 Å². The Balaban J connectivity index is 1.93. The largest absolute Gasteiger partial charge is 0.355 e. The Morgan fingerprint density at radius 2 is 2.28 bits per heavy atom. The number of methoxy groups -OCH3 is 2. The number of thiophene rings is 1. The standard InChI is InChI=1S/C12H17N3O2S/c1-16-11(17-2)8-13-6-9-7-14-15-12(9)10-4-3-5-18-10/h3-5,7,11,13H,6,8H2,1-2H3,(H,14,15). The Hall–Kier alpha value is -1.21. The molecule has 0 bridgehead atoms. The summed E-state index contributed by atoms with van der Waals surface area (Å²) in [5, 5.41) is 12.5. The van der Waals surface area contributed by atoms with Gasteiger partial charge in [0, 0.05) is 32.9 Å². The third-order valence-electron chi connectivity index (χ3n) is 2.64. The number of nitrogens with one attached hydrogen (secondary N) is 2. The van der Waals surface area contributed by atoms with Crippen LogP contribution >= 0.6 is 11.3 Å². The molecule has 2 aromatic heterocycles. The highest BCUT2D eigenvalue weighted by Gasteiger charge is 2.09. The molecule has 0 fully saturated rings. The molecule has 0 aliphatic rings. The molecule has 0 saturated carbocycles. The van der Waals surface area contributed by atoms with Crippen molar-refractivity contribution in [2.75, 3.05) is 20.8 Å². The third kappa shape index (κ3) is 3.17. The minimum atomic E-state index is -0.220. The number of H-pyrrole nitrogens is 1. The van der Waals surface area contributed by atoms with Gasteiger partial charge >= 0.3 is 0 Å². The van der Waals surface area contributed by atoms with Gasteiger partial charge in [0.05, 0.1) is 16.8 Å². The molecule has 0 spiro atoms. The summed E-state index contributed by atoms with van der Waals surface area (Å²) in [5.74, 6) is 0. The lowest BCUT2D eigenvalue weighted by atomic mass is 10.2. The predicted molar refractivity (Wildman–Crippen MR) is 71.4 cm³/mol. The van der Waals surface area contributed by atoms with E-state index in [2.05, 4.69) is 27.0 Å². The summed E-state index contributed by atoms with van der Waals surface area (Å²) >= 11 is 1.70. The van der Waals surface area contributed by atoms with E-state index in [1.807, 2.05) is 12.3 Å². The van der Waals surface area contributed by atoms with Gasteiger partial charge in [0.1, 0.15) is 0 Å². The van der Waals surface area contributed by atoms with E-state index >= 15 is 0 Å². The number of aromatic amines is 1. The van der Waals surface area contributed by atoms with Crippen molar-refractivity contribution < 1.29 is 9.47 Å². The fourth-order valence-corrected chi connectivity index (χ4v) is 2.42. The first-order chi connectivity index (χ1) is 8.85. The zero-order chi connectivity index (χ0) is 12.8. The first-order valence-corrected chi connectivity index (χ1v) is 6.55. The monoisotopic (exact) mass is 267 g/mol. The lowest BCUT2D eigenvalue weighted by molar-refractivity contribution is -0.0989. The van der Waals surface area contributed by atoms with Crippen LogP contribution in [0.4, 0.5) is 0 Å². The summed E-state index contributed by atoms with van der Waals surface area (Å²) in [6.07, 6.45) is 1.62. The lowest BCUT2D eigenvalue weighted by Gasteiger charge is -2.13. The molecule has 2 heterocycles. The van der Waals surface area contributed by atoms with Gasteiger partial charge in [0.15, 0.2) is 6.29 Å². The topological polar surface area (TPSA) is 59.2 Å². The molecule has 2 N–H and O–H groups in total. The van der Waals surface area contributed by atoms with Crippen molar-refractivity contribution in [1.29, 1.82) is 0 Å². The van der Waals surface area contributed by atoms with Gasteiger partial charge in [0.2, 0.25) is 0 Å². The van der Waals surface area contributed by atoms with Crippen LogP contribution in [0.5, 0.6) is 0 Å². The van der Waals surface area contributed by atoms with Crippen LogP contribution in [0.25, 0.3) is 10.6 Å². The normalized spacial score (nSPS) is 11.3. The zero-order valence-corrected chi connectivity index (χ0v) is 11.3. The first-order valence-electron chi connectivity index (χ1n) is 5.67. The number of hydrogen-bond acceptors (Lipinski definition) is 5. The number of nitrogens with zero attached hydrogens (tertiary/aromatic N) is 1. The molecule has 5 nitrogen and oxygen atoms in total. The van der Waals surface area contributed by atoms with Crippen LogP contribution in [0.3, 0.4) is 0 Å². The molecular formula is C12H17N3O2S. The molecule has 0 radical (unpaired) electrons. The van der Waals surface area contributed by atoms with Crippen molar-refractivity contribution in [3.63, 3.8) is 0 Å². The first kappa shape index (κ1) is 13.2. The van der Waals surface area contributed by atoms with Gasteiger partial charge < -0.3 is 14.8 Å². The van der Waals surface area contributed by atoms with Crippen molar-refractivity contribution in [3.05, 3.63) is 29.3 Å². The van der Waals surface area contributed by atoms with Gasteiger partial charge in [0.25, 0.3) is 0 Å². The molecule has 6 heteroatoms. The molecule has 2 rings (SSSR count). The van der Waals surface area contributed by atoms with Gasteiger partial charge in [-0.25, -0.2) is 0 Å². The molecule has 0 atom stereocenters. The van der Waals surface area contributed by atoms with E-state index in [9.17, 15) is 0 Å². The SMILES string of the molecule is COC(CNCc1cn[nH]c1-c1cccs1)OC. The van der Waals surface area contributed by atoms with Crippen molar-refractivity contribution in [2.45, 2.75) is 12.8 Å². The molecule has 0 aliphatic heterocycles. The minimum absolute atomic E-state index is 0.220. The van der Waals surface area contributed by atoms with Crippen LogP contribution in [0.1, 0.15) is 5.56 Å². The molecule has 0 saturated heterocycles. The highest BCUT2D eigenvalue weighted by molar-refractivity contribution is 7.13. The van der Waals surface area contributed by atoms with Crippen LogP contribution in [0.2, 0.25) is 0 Å². The maximum absolute atomic E-state index is 5.12. The summed E-state index contributed by atoms with van der Waals surface area (Å²) in [6, 6.07) is 4.11. The van der Waals surface area contributed by atoms with E-state index in [1.165, 1.54) is 4.88 Å². The minimum Gasteiger partial charge on any atom is -0.355 e. The van der Waals surface area contributed by atoms with Gasteiger partial charge in [-0.15, -0.1) is 11.3 Å². The summed E-state index contributed by atoms with van der Waals surface area (Å²) in [7, 11) is 3.26. The van der Waals surface area contributed by atoms with Gasteiger partial charge in [-0.3, -0.25) is 5.10 Å². The molecular weight excluding hydrogens is 250 g/mol. The average molecular weight is 267 g/mol. The van der Waals surface area contributed by atoms with Crippen LogP contribution in [0.15, 0.2) is 23.7 Å². The predicted octanol–water partition coefficient (Wildman–Crippen LogP) is 1.85. The second-order valence-corrected chi connectivity index (χ2v) is 4.73. The van der Waals surface area contributed by atoms with Crippen molar-refractivity contribution in [3.8, 4) is 10.6 Å². The molecule has 0 aromatic carbocycles. The van der Waals surface area contributed by atoms with Crippen molar-refractivity contribution in [1.82, 2.24) is 15.5 Å². The maximum Gasteiger partial charge on any atom is 0.169 e. The fraction of sp³-hybridized carbons (Fsp3) is 0.417. The Morgan fingerprint density at radius 1 is 1.44 bits per heavy atom. The number of hydrogen-bond donors (Lipinski definition) is 2. The van der Waals surface area contributed by atoms with Gasteiger partial charge in [-0.05, 0) is 11.4 Å². The summed E-state index contributed by atoms with van der Waals surface area (Å²) in [4.78, 5) is 1.19. The van der Waals surface area contributed by atoms with Crippen molar-refractivity contribution in [2.24, 2.45) is 0 Å². The van der Waals surface area contributed by atoms with E-state index in [4.69, 9.17) is 9.47 Å². The van der Waals surface area contributed by atoms with Crippen LogP contribution in [0, 0.1) is 0 Å². The summed E-state index contributed by atoms with van der Waals surface area (Å²) in [6.45, 7) is 1.37. The Morgan fingerprint density at radius 3 is 2.94 bits per heavy atom. The summed E-state index contributed by atoms with van der Waals surface area (Å²) in [5.41, 5.74) is 2.22. The fourth-order valence-electron chi connectivity index (χ4n) is 1.67. The lowest BCUT2D eigenvalue weighted by Crippen LogP contribution is -2.29. The molecule has 18 heavy (non-hydrogen) atoms. The highest BCUT2D eigenvalue weighted by atomic mass is 32.1. The zero-order valence-electron chi connectivity index (χ0n) is 10.5.